The summed E-state index contributed by atoms with van der Waals surface area (Å²) >= 11 is 1.85. The summed E-state index contributed by atoms with van der Waals surface area (Å²) in [7, 11) is 0. The standard InChI is InChI=1S/C31H36N6S/c1-21-6-5-14-37(21)15-13-22-9-11-26-28(16-22)38-31-29(26)30(34-20-35-31)36-25-10-12-27(24(17-25)18-32)33-19-23-7-3-2-4-8-23/h2-4,7-8,10,12,17-18,20-22,32-33H,5-6,9,11,13-16,19H2,1H3,(H,34,35,36). The lowest BCUT2D eigenvalue weighted by molar-refractivity contribution is 0.240. The van der Waals surface area contributed by atoms with E-state index in [1.54, 1.807) is 6.33 Å². The van der Waals surface area contributed by atoms with E-state index < -0.39 is 0 Å². The van der Waals surface area contributed by atoms with Crippen LogP contribution < -0.4 is 10.6 Å². The number of thiophene rings is 1. The molecule has 1 saturated heterocycles. The molecule has 0 saturated carbocycles. The van der Waals surface area contributed by atoms with Crippen molar-refractivity contribution >= 4 is 45.0 Å². The number of benzene rings is 2. The Kier molecular flexibility index (Phi) is 7.38. The molecular formula is C31H36N6S. The monoisotopic (exact) mass is 524 g/mol. The van der Waals surface area contributed by atoms with Gasteiger partial charge in [-0.1, -0.05) is 30.3 Å². The topological polar surface area (TPSA) is 76.9 Å². The van der Waals surface area contributed by atoms with Crippen LogP contribution in [-0.4, -0.2) is 40.2 Å². The number of hydrogen-bond acceptors (Lipinski definition) is 7. The van der Waals surface area contributed by atoms with Crippen molar-refractivity contribution in [3.05, 3.63) is 76.4 Å². The van der Waals surface area contributed by atoms with Gasteiger partial charge in [0.2, 0.25) is 0 Å². The predicted molar refractivity (Wildman–Crippen MR) is 159 cm³/mol. The minimum absolute atomic E-state index is 0.722. The molecule has 196 valence electrons. The van der Waals surface area contributed by atoms with Gasteiger partial charge in [0.1, 0.15) is 17.0 Å². The maximum Gasteiger partial charge on any atom is 0.142 e. The van der Waals surface area contributed by atoms with Crippen LogP contribution in [0.15, 0.2) is 54.9 Å². The zero-order valence-corrected chi connectivity index (χ0v) is 22.9. The Hall–Kier alpha value is -3.29. The zero-order valence-electron chi connectivity index (χ0n) is 22.0. The molecule has 2 aromatic carbocycles. The van der Waals surface area contributed by atoms with Crippen LogP contribution in [0.4, 0.5) is 17.2 Å². The van der Waals surface area contributed by atoms with Gasteiger partial charge in [-0.15, -0.1) is 11.3 Å². The number of fused-ring (bicyclic) bond motifs is 3. The smallest absolute Gasteiger partial charge is 0.142 e. The molecule has 3 N–H and O–H groups in total. The van der Waals surface area contributed by atoms with Gasteiger partial charge in [0.05, 0.1) is 5.39 Å². The maximum atomic E-state index is 7.97. The average Bonchev–Trinajstić information content (AvgIpc) is 3.54. The van der Waals surface area contributed by atoms with Crippen LogP contribution in [0, 0.1) is 11.3 Å². The van der Waals surface area contributed by atoms with Crippen molar-refractivity contribution in [2.75, 3.05) is 23.7 Å². The number of nitrogens with zero attached hydrogens (tertiary/aromatic N) is 3. The molecule has 2 aromatic heterocycles. The minimum Gasteiger partial charge on any atom is -0.380 e. The average molecular weight is 525 g/mol. The number of aromatic nitrogens is 2. The Morgan fingerprint density at radius 1 is 1.13 bits per heavy atom. The van der Waals surface area contributed by atoms with Crippen molar-refractivity contribution in [1.82, 2.24) is 14.9 Å². The summed E-state index contributed by atoms with van der Waals surface area (Å²) in [6.07, 6.45) is 10.6. The van der Waals surface area contributed by atoms with E-state index in [4.69, 9.17) is 5.41 Å². The Bertz CT molecular complexity index is 1410. The van der Waals surface area contributed by atoms with Crippen molar-refractivity contribution < 1.29 is 0 Å². The number of anilines is 3. The lowest BCUT2D eigenvalue weighted by atomic mass is 9.85. The third-order valence-electron chi connectivity index (χ3n) is 8.26. The molecule has 3 heterocycles. The summed E-state index contributed by atoms with van der Waals surface area (Å²) in [6, 6.07) is 17.2. The largest absolute Gasteiger partial charge is 0.380 e. The van der Waals surface area contributed by atoms with Crippen molar-refractivity contribution in [3.8, 4) is 0 Å². The van der Waals surface area contributed by atoms with Gasteiger partial charge in [0, 0.05) is 40.6 Å². The number of hydrogen-bond donors (Lipinski definition) is 3. The van der Waals surface area contributed by atoms with E-state index in [0.717, 1.165) is 58.9 Å². The third-order valence-corrected chi connectivity index (χ3v) is 9.42. The molecule has 1 aliphatic carbocycles. The highest BCUT2D eigenvalue weighted by atomic mass is 32.1. The van der Waals surface area contributed by atoms with Crippen LogP contribution in [0.2, 0.25) is 0 Å². The van der Waals surface area contributed by atoms with E-state index in [1.807, 2.05) is 41.7 Å². The Labute approximate surface area is 229 Å². The molecule has 6 nitrogen and oxygen atoms in total. The lowest BCUT2D eigenvalue weighted by Gasteiger charge is -2.27. The van der Waals surface area contributed by atoms with Crippen molar-refractivity contribution in [1.29, 1.82) is 5.41 Å². The first-order chi connectivity index (χ1) is 18.7. The van der Waals surface area contributed by atoms with Gasteiger partial charge in [-0.3, -0.25) is 0 Å². The predicted octanol–water partition coefficient (Wildman–Crippen LogP) is 7.02. The van der Waals surface area contributed by atoms with Crippen molar-refractivity contribution in [2.24, 2.45) is 5.92 Å². The number of likely N-dealkylation sites (tertiary alicyclic amines) is 1. The van der Waals surface area contributed by atoms with Crippen molar-refractivity contribution in [2.45, 2.75) is 58.0 Å². The molecule has 7 heteroatoms. The second-order valence-corrected chi connectivity index (χ2v) is 11.8. The second-order valence-electron chi connectivity index (χ2n) is 10.7. The highest BCUT2D eigenvalue weighted by molar-refractivity contribution is 7.19. The SMILES string of the molecule is CC1CCCN1CCC1CCc2c(sc3ncnc(Nc4ccc(NCc5ccccc5)c(C=N)c4)c23)C1. The lowest BCUT2D eigenvalue weighted by Crippen LogP contribution is -2.30. The summed E-state index contributed by atoms with van der Waals surface area (Å²) < 4.78 is 0. The molecule has 1 fully saturated rings. The van der Waals surface area contributed by atoms with Gasteiger partial charge < -0.3 is 20.9 Å². The molecule has 38 heavy (non-hydrogen) atoms. The minimum atomic E-state index is 0.722. The van der Waals surface area contributed by atoms with Gasteiger partial charge >= 0.3 is 0 Å². The Morgan fingerprint density at radius 2 is 2.03 bits per heavy atom. The second kappa shape index (κ2) is 11.2. The highest BCUT2D eigenvalue weighted by Gasteiger charge is 2.27. The maximum absolute atomic E-state index is 7.97. The Balaban J connectivity index is 1.17. The third kappa shape index (κ3) is 5.31. The number of rotatable bonds is 9. The molecule has 0 bridgehead atoms. The molecule has 2 atom stereocenters. The van der Waals surface area contributed by atoms with Crippen LogP contribution in [0.3, 0.4) is 0 Å². The molecular weight excluding hydrogens is 488 g/mol. The zero-order chi connectivity index (χ0) is 25.9. The summed E-state index contributed by atoms with van der Waals surface area (Å²) in [4.78, 5) is 14.6. The van der Waals surface area contributed by atoms with E-state index >= 15 is 0 Å². The molecule has 0 amide bonds. The summed E-state index contributed by atoms with van der Waals surface area (Å²) in [5.41, 5.74) is 5.38. The van der Waals surface area contributed by atoms with E-state index in [0.29, 0.717) is 0 Å². The molecule has 2 unspecified atom stereocenters. The van der Waals surface area contributed by atoms with Gasteiger partial charge in [-0.05, 0) is 93.8 Å². The first kappa shape index (κ1) is 25.0. The molecule has 6 rings (SSSR count). The molecule has 1 aliphatic heterocycles. The summed E-state index contributed by atoms with van der Waals surface area (Å²) in [5, 5.41) is 16.2. The fourth-order valence-electron chi connectivity index (χ4n) is 6.04. The molecule has 0 spiro atoms. The fourth-order valence-corrected chi connectivity index (χ4v) is 7.35. The summed E-state index contributed by atoms with van der Waals surface area (Å²) in [5.74, 6) is 1.64. The van der Waals surface area contributed by atoms with Crippen LogP contribution in [0.1, 0.15) is 54.2 Å². The van der Waals surface area contributed by atoms with Crippen molar-refractivity contribution in [3.63, 3.8) is 0 Å². The van der Waals surface area contributed by atoms with Gasteiger partial charge in [-0.2, -0.15) is 0 Å². The highest BCUT2D eigenvalue weighted by Crippen LogP contribution is 2.41. The van der Waals surface area contributed by atoms with E-state index in [9.17, 15) is 0 Å². The van der Waals surface area contributed by atoms with Gasteiger partial charge in [0.15, 0.2) is 0 Å². The van der Waals surface area contributed by atoms with Gasteiger partial charge in [0.25, 0.3) is 0 Å². The van der Waals surface area contributed by atoms with Gasteiger partial charge in [-0.25, -0.2) is 9.97 Å². The Morgan fingerprint density at radius 3 is 2.84 bits per heavy atom. The van der Waals surface area contributed by atoms with Crippen LogP contribution in [0.25, 0.3) is 10.2 Å². The molecule has 0 radical (unpaired) electrons. The number of aryl methyl sites for hydroxylation is 1. The van der Waals surface area contributed by atoms with Crippen LogP contribution in [-0.2, 0) is 19.4 Å². The quantitative estimate of drug-likeness (QED) is 0.205. The van der Waals surface area contributed by atoms with E-state index in [-0.39, 0.29) is 0 Å². The summed E-state index contributed by atoms with van der Waals surface area (Å²) in [6.45, 7) is 5.62. The normalized spacial score (nSPS) is 19.4. The molecule has 2 aliphatic rings. The van der Waals surface area contributed by atoms with Crippen LogP contribution in [0.5, 0.6) is 0 Å². The fraction of sp³-hybridized carbons (Fsp3) is 0.387. The van der Waals surface area contributed by atoms with Crippen LogP contribution >= 0.6 is 11.3 Å². The first-order valence-corrected chi connectivity index (χ1v) is 14.7. The van der Waals surface area contributed by atoms with E-state index in [2.05, 4.69) is 50.6 Å². The van der Waals surface area contributed by atoms with E-state index in [1.165, 1.54) is 66.4 Å². The first-order valence-electron chi connectivity index (χ1n) is 13.9. The molecule has 4 aromatic rings. The number of nitrogens with one attached hydrogen (secondary N) is 3.